The molecule has 0 amide bonds. The number of hydrogen-bond acceptors (Lipinski definition) is 3. The maximum absolute atomic E-state index is 13.7. The minimum atomic E-state index is -3.44. The van der Waals surface area contributed by atoms with Gasteiger partial charge in [-0.15, -0.1) is 12.4 Å². The molecule has 2 aromatic rings. The zero-order chi connectivity index (χ0) is 18.4. The Bertz CT molecular complexity index is 793. The molecule has 0 aliphatic carbocycles. The van der Waals surface area contributed by atoms with Gasteiger partial charge in [-0.3, -0.25) is 0 Å². The number of halogens is 2. The molecule has 0 saturated carbocycles. The first kappa shape index (κ1) is 22.6. The van der Waals surface area contributed by atoms with Crippen LogP contribution in [-0.4, -0.2) is 25.8 Å². The molecular weight excluding hydrogens is 375 g/mol. The number of nitrogens with zero attached hydrogens (tertiary/aromatic N) is 1. The van der Waals surface area contributed by atoms with Crippen LogP contribution < -0.4 is 5.32 Å². The molecule has 0 spiro atoms. The van der Waals surface area contributed by atoms with Crippen LogP contribution in [-0.2, 0) is 16.6 Å². The van der Waals surface area contributed by atoms with Crippen LogP contribution in [0.5, 0.6) is 0 Å². The van der Waals surface area contributed by atoms with E-state index in [0.29, 0.717) is 30.1 Å². The molecule has 4 nitrogen and oxygen atoms in total. The molecule has 7 heteroatoms. The van der Waals surface area contributed by atoms with Gasteiger partial charge in [-0.2, -0.15) is 4.31 Å². The van der Waals surface area contributed by atoms with E-state index in [-0.39, 0.29) is 24.3 Å². The summed E-state index contributed by atoms with van der Waals surface area (Å²) in [5.41, 5.74) is 1.56. The highest BCUT2D eigenvalue weighted by Gasteiger charge is 2.21. The Morgan fingerprint density at radius 2 is 1.62 bits per heavy atom. The Labute approximate surface area is 161 Å². The number of nitrogens with one attached hydrogen (secondary N) is 1. The first-order valence-corrected chi connectivity index (χ1v) is 9.91. The Balaban J connectivity index is 0.00000338. The lowest BCUT2D eigenvalue weighted by atomic mass is 10.1. The minimum absolute atomic E-state index is 0. The van der Waals surface area contributed by atoms with Crippen molar-refractivity contribution >= 4 is 22.4 Å². The molecule has 0 fully saturated rings. The monoisotopic (exact) mass is 400 g/mol. The number of hydrogen-bond donors (Lipinski definition) is 1. The van der Waals surface area contributed by atoms with Gasteiger partial charge in [0.15, 0.2) is 0 Å². The van der Waals surface area contributed by atoms with Gasteiger partial charge in [0.25, 0.3) is 0 Å². The Morgan fingerprint density at radius 1 is 1.04 bits per heavy atom. The molecule has 26 heavy (non-hydrogen) atoms. The molecule has 0 saturated heterocycles. The largest absolute Gasteiger partial charge is 0.306 e. The molecule has 0 radical (unpaired) electrons. The molecule has 0 bridgehead atoms. The average Bonchev–Trinajstić information content (AvgIpc) is 2.61. The molecular formula is C19H26ClFN2O2S. The van der Waals surface area contributed by atoms with Gasteiger partial charge in [-0.1, -0.05) is 44.2 Å². The first-order valence-electron chi connectivity index (χ1n) is 8.47. The van der Waals surface area contributed by atoms with Crippen molar-refractivity contribution < 1.29 is 12.8 Å². The summed E-state index contributed by atoms with van der Waals surface area (Å²) in [4.78, 5) is 0.293. The van der Waals surface area contributed by atoms with E-state index in [2.05, 4.69) is 5.32 Å². The second-order valence-corrected chi connectivity index (χ2v) is 7.79. The fraction of sp³-hybridized carbons (Fsp3) is 0.368. The van der Waals surface area contributed by atoms with Gasteiger partial charge in [-0.25, -0.2) is 12.8 Å². The zero-order valence-electron chi connectivity index (χ0n) is 15.3. The second-order valence-electron chi connectivity index (χ2n) is 5.85. The lowest BCUT2D eigenvalue weighted by Crippen LogP contribution is -2.30. The third-order valence-electron chi connectivity index (χ3n) is 4.28. The van der Waals surface area contributed by atoms with Crippen LogP contribution >= 0.6 is 12.4 Å². The minimum Gasteiger partial charge on any atom is -0.306 e. The van der Waals surface area contributed by atoms with Gasteiger partial charge in [0.2, 0.25) is 10.0 Å². The van der Waals surface area contributed by atoms with Crippen LogP contribution in [0.15, 0.2) is 53.4 Å². The van der Waals surface area contributed by atoms with E-state index in [1.165, 1.54) is 10.4 Å². The van der Waals surface area contributed by atoms with E-state index in [4.69, 9.17) is 0 Å². The topological polar surface area (TPSA) is 49.4 Å². The normalized spacial score (nSPS) is 12.7. The molecule has 0 aromatic heterocycles. The number of benzene rings is 2. The van der Waals surface area contributed by atoms with Crippen molar-refractivity contribution in [2.45, 2.75) is 38.3 Å². The van der Waals surface area contributed by atoms with E-state index >= 15 is 0 Å². The summed E-state index contributed by atoms with van der Waals surface area (Å²) >= 11 is 0. The predicted molar refractivity (Wildman–Crippen MR) is 105 cm³/mol. The summed E-state index contributed by atoms with van der Waals surface area (Å²) in [5, 5.41) is 3.26. The Morgan fingerprint density at radius 3 is 2.15 bits per heavy atom. The zero-order valence-corrected chi connectivity index (χ0v) is 16.9. The second kappa shape index (κ2) is 10.0. The summed E-state index contributed by atoms with van der Waals surface area (Å²) in [5.74, 6) is -0.233. The SMILES string of the molecule is CCN(CC)S(=O)(=O)c1ccc(C(C)NCc2ccccc2F)cc1.Cl. The van der Waals surface area contributed by atoms with Crippen molar-refractivity contribution in [2.24, 2.45) is 0 Å². The highest BCUT2D eigenvalue weighted by molar-refractivity contribution is 7.89. The summed E-state index contributed by atoms with van der Waals surface area (Å²) in [6, 6.07) is 13.5. The van der Waals surface area contributed by atoms with Crippen LogP contribution in [0.25, 0.3) is 0 Å². The fourth-order valence-corrected chi connectivity index (χ4v) is 4.12. The number of sulfonamides is 1. The first-order chi connectivity index (χ1) is 11.9. The van der Waals surface area contributed by atoms with E-state index in [1.807, 2.05) is 20.8 Å². The maximum atomic E-state index is 13.7. The standard InChI is InChI=1S/C19H25FN2O2S.ClH/c1-4-22(5-2)25(23,24)18-12-10-16(11-13-18)15(3)21-14-17-8-6-7-9-19(17)20;/h6-13,15,21H,4-5,14H2,1-3H3;1H. The maximum Gasteiger partial charge on any atom is 0.243 e. The van der Waals surface area contributed by atoms with Crippen LogP contribution in [0.1, 0.15) is 37.9 Å². The molecule has 2 aromatic carbocycles. The molecule has 144 valence electrons. The molecule has 1 N–H and O–H groups in total. The highest BCUT2D eigenvalue weighted by Crippen LogP contribution is 2.20. The summed E-state index contributed by atoms with van der Waals surface area (Å²) in [6.45, 7) is 6.92. The van der Waals surface area contributed by atoms with E-state index < -0.39 is 10.0 Å². The smallest absolute Gasteiger partial charge is 0.243 e. The highest BCUT2D eigenvalue weighted by atomic mass is 35.5. The van der Waals surface area contributed by atoms with Crippen molar-refractivity contribution in [2.75, 3.05) is 13.1 Å². The molecule has 1 unspecified atom stereocenters. The Kier molecular flexibility index (Phi) is 8.70. The van der Waals surface area contributed by atoms with E-state index in [0.717, 1.165) is 5.56 Å². The lowest BCUT2D eigenvalue weighted by molar-refractivity contribution is 0.445. The van der Waals surface area contributed by atoms with Gasteiger partial charge in [-0.05, 0) is 30.7 Å². The molecule has 0 aliphatic heterocycles. The number of rotatable bonds is 8. The van der Waals surface area contributed by atoms with Gasteiger partial charge in [0.05, 0.1) is 4.90 Å². The van der Waals surface area contributed by atoms with E-state index in [9.17, 15) is 12.8 Å². The van der Waals surface area contributed by atoms with Crippen LogP contribution in [0.2, 0.25) is 0 Å². The lowest BCUT2D eigenvalue weighted by Gasteiger charge is -2.19. The van der Waals surface area contributed by atoms with Crippen LogP contribution in [0, 0.1) is 5.82 Å². The quantitative estimate of drug-likeness (QED) is 0.724. The predicted octanol–water partition coefficient (Wildman–Crippen LogP) is 4.13. The molecule has 0 heterocycles. The summed E-state index contributed by atoms with van der Waals surface area (Å²) < 4.78 is 40.1. The van der Waals surface area contributed by atoms with Crippen LogP contribution in [0.3, 0.4) is 0 Å². The molecule has 1 atom stereocenters. The summed E-state index contributed by atoms with van der Waals surface area (Å²) in [7, 11) is -3.44. The van der Waals surface area contributed by atoms with Crippen molar-refractivity contribution in [3.63, 3.8) is 0 Å². The third kappa shape index (κ3) is 5.27. The van der Waals surface area contributed by atoms with Crippen molar-refractivity contribution in [1.29, 1.82) is 0 Å². The fourth-order valence-electron chi connectivity index (χ4n) is 2.66. The van der Waals surface area contributed by atoms with E-state index in [1.54, 1.807) is 42.5 Å². The Hall–Kier alpha value is -1.47. The van der Waals surface area contributed by atoms with Crippen LogP contribution in [0.4, 0.5) is 4.39 Å². The van der Waals surface area contributed by atoms with Gasteiger partial charge < -0.3 is 5.32 Å². The van der Waals surface area contributed by atoms with Crippen molar-refractivity contribution in [3.8, 4) is 0 Å². The molecule has 2 rings (SSSR count). The third-order valence-corrected chi connectivity index (χ3v) is 6.34. The van der Waals surface area contributed by atoms with Gasteiger partial charge in [0.1, 0.15) is 5.82 Å². The average molecular weight is 401 g/mol. The van der Waals surface area contributed by atoms with Gasteiger partial charge in [0, 0.05) is 31.2 Å². The van der Waals surface area contributed by atoms with Crippen molar-refractivity contribution in [3.05, 3.63) is 65.5 Å². The van der Waals surface area contributed by atoms with Crippen molar-refractivity contribution in [1.82, 2.24) is 9.62 Å². The molecule has 0 aliphatic rings. The summed E-state index contributed by atoms with van der Waals surface area (Å²) in [6.07, 6.45) is 0. The van der Waals surface area contributed by atoms with Gasteiger partial charge >= 0.3 is 0 Å².